The molecule has 0 bridgehead atoms. The molecule has 0 aliphatic carbocycles. The summed E-state index contributed by atoms with van der Waals surface area (Å²) in [5, 5.41) is 5.83. The third-order valence-corrected chi connectivity index (χ3v) is 5.11. The van der Waals surface area contributed by atoms with E-state index in [1.54, 1.807) is 56.5 Å². The van der Waals surface area contributed by atoms with Gasteiger partial charge in [-0.2, -0.15) is 0 Å². The minimum Gasteiger partial charge on any atom is -0.497 e. The molecule has 1 unspecified atom stereocenters. The first-order chi connectivity index (χ1) is 13.2. The predicted molar refractivity (Wildman–Crippen MR) is 105 cm³/mol. The van der Waals surface area contributed by atoms with Crippen LogP contribution in [-0.2, 0) is 15.1 Å². The Kier molecular flexibility index (Phi) is 5.29. The van der Waals surface area contributed by atoms with Crippen molar-refractivity contribution in [2.24, 2.45) is 0 Å². The van der Waals surface area contributed by atoms with E-state index in [1.165, 1.54) is 0 Å². The third-order valence-electron chi connectivity index (χ3n) is 4.70. The van der Waals surface area contributed by atoms with Gasteiger partial charge >= 0.3 is 6.03 Å². The largest absolute Gasteiger partial charge is 0.497 e. The topological polar surface area (TPSA) is 87.7 Å². The molecule has 8 heteroatoms. The lowest BCUT2D eigenvalue weighted by atomic mass is 9.92. The van der Waals surface area contributed by atoms with Gasteiger partial charge in [-0.05, 0) is 49.2 Å². The van der Waals surface area contributed by atoms with Crippen LogP contribution in [0.5, 0.6) is 5.75 Å². The fraction of sp³-hybridized carbons (Fsp3) is 0.250. The van der Waals surface area contributed by atoms with Gasteiger partial charge in [-0.25, -0.2) is 4.79 Å². The van der Waals surface area contributed by atoms with Crippen LogP contribution >= 0.6 is 11.6 Å². The fourth-order valence-corrected chi connectivity index (χ4v) is 3.16. The van der Waals surface area contributed by atoms with Crippen molar-refractivity contribution >= 4 is 35.1 Å². The fourth-order valence-electron chi connectivity index (χ4n) is 2.98. The number of imide groups is 1. The second kappa shape index (κ2) is 7.52. The molecule has 3 rings (SSSR count). The first-order valence-corrected chi connectivity index (χ1v) is 8.97. The number of nitrogens with one attached hydrogen (secondary N) is 2. The summed E-state index contributed by atoms with van der Waals surface area (Å²) in [5.41, 5.74) is 0.714. The first-order valence-electron chi connectivity index (χ1n) is 8.59. The zero-order chi connectivity index (χ0) is 20.5. The second-order valence-electron chi connectivity index (χ2n) is 6.69. The van der Waals surface area contributed by atoms with E-state index in [0.717, 1.165) is 10.5 Å². The van der Waals surface area contributed by atoms with Crippen molar-refractivity contribution < 1.29 is 19.1 Å². The number of urea groups is 1. The lowest BCUT2D eigenvalue weighted by molar-refractivity contribution is -0.133. The molecule has 1 heterocycles. The summed E-state index contributed by atoms with van der Waals surface area (Å²) in [5.74, 6) is -0.362. The molecule has 1 aliphatic rings. The van der Waals surface area contributed by atoms with Gasteiger partial charge in [0, 0.05) is 10.7 Å². The Labute approximate surface area is 167 Å². The summed E-state index contributed by atoms with van der Waals surface area (Å²) >= 11 is 6.05. The van der Waals surface area contributed by atoms with Crippen molar-refractivity contribution in [1.82, 2.24) is 10.2 Å². The quantitative estimate of drug-likeness (QED) is 0.754. The van der Waals surface area contributed by atoms with Gasteiger partial charge < -0.3 is 15.4 Å². The summed E-state index contributed by atoms with van der Waals surface area (Å²) in [6.07, 6.45) is 0. The first kappa shape index (κ1) is 19.7. The van der Waals surface area contributed by atoms with Gasteiger partial charge in [0.05, 0.1) is 7.11 Å². The number of aryl methyl sites for hydroxylation is 1. The zero-order valence-electron chi connectivity index (χ0n) is 15.7. The van der Waals surface area contributed by atoms with Gasteiger partial charge in [-0.3, -0.25) is 14.5 Å². The Morgan fingerprint density at radius 1 is 1.21 bits per heavy atom. The highest BCUT2D eigenvalue weighted by Crippen LogP contribution is 2.30. The lowest BCUT2D eigenvalue weighted by Crippen LogP contribution is -2.42. The standard InChI is InChI=1S/C20H20ClN3O4/c1-12-4-7-14(10-16(12)21)22-17(25)11-24-18(26)20(2,23-19(24)27)13-5-8-15(28-3)9-6-13/h4-10H,11H2,1-3H3,(H,22,25)(H,23,27). The van der Waals surface area contributed by atoms with Crippen LogP contribution in [0.3, 0.4) is 0 Å². The number of anilines is 1. The molecular weight excluding hydrogens is 382 g/mol. The Hall–Kier alpha value is -3.06. The summed E-state index contributed by atoms with van der Waals surface area (Å²) in [7, 11) is 1.54. The summed E-state index contributed by atoms with van der Waals surface area (Å²) < 4.78 is 5.11. The number of carbonyl (C=O) groups excluding carboxylic acids is 3. The number of ether oxygens (including phenoxy) is 1. The highest BCUT2D eigenvalue weighted by atomic mass is 35.5. The highest BCUT2D eigenvalue weighted by molar-refractivity contribution is 6.31. The van der Waals surface area contributed by atoms with Crippen molar-refractivity contribution in [3.05, 3.63) is 58.6 Å². The zero-order valence-corrected chi connectivity index (χ0v) is 16.5. The average Bonchev–Trinajstić information content (AvgIpc) is 2.89. The molecule has 0 spiro atoms. The maximum absolute atomic E-state index is 12.9. The monoisotopic (exact) mass is 401 g/mol. The van der Waals surface area contributed by atoms with Crippen molar-refractivity contribution in [1.29, 1.82) is 0 Å². The van der Waals surface area contributed by atoms with E-state index in [4.69, 9.17) is 16.3 Å². The second-order valence-corrected chi connectivity index (χ2v) is 7.09. The SMILES string of the molecule is COc1ccc(C2(C)NC(=O)N(CC(=O)Nc3ccc(C)c(Cl)c3)C2=O)cc1. The van der Waals surface area contributed by atoms with Gasteiger partial charge in [0.2, 0.25) is 5.91 Å². The van der Waals surface area contributed by atoms with E-state index < -0.39 is 29.9 Å². The minimum atomic E-state index is -1.25. The summed E-state index contributed by atoms with van der Waals surface area (Å²) in [6.45, 7) is 3.05. The maximum atomic E-state index is 12.9. The van der Waals surface area contributed by atoms with Gasteiger partial charge in [0.15, 0.2) is 0 Å². The van der Waals surface area contributed by atoms with Crippen LogP contribution in [0, 0.1) is 6.92 Å². The number of hydrogen-bond donors (Lipinski definition) is 2. The number of carbonyl (C=O) groups is 3. The molecule has 2 N–H and O–H groups in total. The Bertz CT molecular complexity index is 945. The van der Waals surface area contributed by atoms with Crippen LogP contribution in [0.1, 0.15) is 18.1 Å². The highest BCUT2D eigenvalue weighted by Gasteiger charge is 2.49. The van der Waals surface area contributed by atoms with Crippen molar-refractivity contribution in [2.45, 2.75) is 19.4 Å². The van der Waals surface area contributed by atoms with Crippen molar-refractivity contribution in [3.8, 4) is 5.75 Å². The number of benzene rings is 2. The third kappa shape index (κ3) is 3.66. The molecular formula is C20H20ClN3O4. The molecule has 1 fully saturated rings. The molecule has 4 amide bonds. The molecule has 1 aliphatic heterocycles. The molecule has 2 aromatic carbocycles. The van der Waals surface area contributed by atoms with E-state index in [0.29, 0.717) is 22.0 Å². The van der Waals surface area contributed by atoms with Crippen LogP contribution in [0.4, 0.5) is 10.5 Å². The smallest absolute Gasteiger partial charge is 0.325 e. The molecule has 0 aromatic heterocycles. The van der Waals surface area contributed by atoms with Crippen molar-refractivity contribution in [2.75, 3.05) is 19.0 Å². The predicted octanol–water partition coefficient (Wildman–Crippen LogP) is 3.06. The van der Waals surface area contributed by atoms with E-state index >= 15 is 0 Å². The number of nitrogens with zero attached hydrogens (tertiary/aromatic N) is 1. The van der Waals surface area contributed by atoms with Crippen molar-refractivity contribution in [3.63, 3.8) is 0 Å². The Morgan fingerprint density at radius 3 is 2.50 bits per heavy atom. The van der Waals surface area contributed by atoms with E-state index in [1.807, 2.05) is 6.92 Å². The average molecular weight is 402 g/mol. The van der Waals surface area contributed by atoms with Gasteiger partial charge in [-0.15, -0.1) is 0 Å². The van der Waals surface area contributed by atoms with E-state index in [-0.39, 0.29) is 0 Å². The Morgan fingerprint density at radius 2 is 1.89 bits per heavy atom. The van der Waals surface area contributed by atoms with Crippen LogP contribution in [-0.4, -0.2) is 36.4 Å². The van der Waals surface area contributed by atoms with Crippen LogP contribution in [0.15, 0.2) is 42.5 Å². The normalized spacial score (nSPS) is 18.8. The van der Waals surface area contributed by atoms with E-state index in [9.17, 15) is 14.4 Å². The van der Waals surface area contributed by atoms with Crippen LogP contribution in [0.25, 0.3) is 0 Å². The molecule has 2 aromatic rings. The molecule has 1 atom stereocenters. The molecule has 1 saturated heterocycles. The number of amides is 4. The van der Waals surface area contributed by atoms with Crippen LogP contribution in [0.2, 0.25) is 5.02 Å². The van der Waals surface area contributed by atoms with E-state index in [2.05, 4.69) is 10.6 Å². The molecule has 0 saturated carbocycles. The molecule has 28 heavy (non-hydrogen) atoms. The minimum absolute atomic E-state index is 0.401. The number of methoxy groups -OCH3 is 1. The Balaban J connectivity index is 1.73. The molecule has 0 radical (unpaired) electrons. The summed E-state index contributed by atoms with van der Waals surface area (Å²) in [4.78, 5) is 38.5. The lowest BCUT2D eigenvalue weighted by Gasteiger charge is -2.22. The van der Waals surface area contributed by atoms with Gasteiger partial charge in [0.1, 0.15) is 17.8 Å². The maximum Gasteiger partial charge on any atom is 0.325 e. The number of hydrogen-bond acceptors (Lipinski definition) is 4. The number of rotatable bonds is 5. The summed E-state index contributed by atoms with van der Waals surface area (Å²) in [6, 6.07) is 11.3. The molecule has 146 valence electrons. The van der Waals surface area contributed by atoms with Gasteiger partial charge in [-0.1, -0.05) is 29.8 Å². The van der Waals surface area contributed by atoms with Gasteiger partial charge in [0.25, 0.3) is 5.91 Å². The van der Waals surface area contributed by atoms with Crippen LogP contribution < -0.4 is 15.4 Å². The number of halogens is 1. The molecule has 7 nitrogen and oxygen atoms in total.